The lowest BCUT2D eigenvalue weighted by molar-refractivity contribution is 0.0928. The number of thiophene rings is 2. The van der Waals surface area contributed by atoms with Gasteiger partial charge in [0.25, 0.3) is 5.91 Å². The number of fused-ring (bicyclic) bond motifs is 2. The Morgan fingerprint density at radius 2 is 2.00 bits per heavy atom. The number of hydrogen-bond acceptors (Lipinski definition) is 4. The molecule has 0 saturated carbocycles. The maximum Gasteiger partial charge on any atom is 0.261 e. The summed E-state index contributed by atoms with van der Waals surface area (Å²) in [6, 6.07) is 8.14. The number of amides is 1. The number of halogens is 1. The molecule has 110 valence electrons. The number of nitrogens with one attached hydrogen (secondary N) is 1. The van der Waals surface area contributed by atoms with Gasteiger partial charge in [0.15, 0.2) is 0 Å². The van der Waals surface area contributed by atoms with Crippen LogP contribution in [0, 0.1) is 5.92 Å². The molecular weight excluding hydrogens is 324 g/mol. The normalized spacial score (nSPS) is 27.2. The Bertz CT molecular complexity index is 681. The Morgan fingerprint density at radius 1 is 1.19 bits per heavy atom. The zero-order valence-electron chi connectivity index (χ0n) is 11.3. The SMILES string of the molecule is O=C(NC1CN2CC[C@H]1C2)c1ccc(-c2ccc(Cl)s2)s1. The first-order valence-corrected chi connectivity index (χ1v) is 9.09. The summed E-state index contributed by atoms with van der Waals surface area (Å²) in [6.07, 6.45) is 1.22. The molecule has 0 aliphatic carbocycles. The number of rotatable bonds is 3. The standard InChI is InChI=1S/C15H15ClN2OS2/c16-14-4-3-12(21-14)11-1-2-13(20-11)15(19)17-10-8-18-6-5-9(10)7-18/h1-4,9-10H,5-8H2,(H,17,19)/t9-,10?/m0/s1. The van der Waals surface area contributed by atoms with E-state index in [-0.39, 0.29) is 5.91 Å². The van der Waals surface area contributed by atoms with E-state index in [0.29, 0.717) is 12.0 Å². The molecule has 2 aromatic heterocycles. The van der Waals surface area contributed by atoms with Crippen molar-refractivity contribution in [1.29, 1.82) is 0 Å². The molecule has 0 radical (unpaired) electrons. The van der Waals surface area contributed by atoms with Crippen LogP contribution in [0.2, 0.25) is 4.34 Å². The first-order valence-electron chi connectivity index (χ1n) is 7.08. The van der Waals surface area contributed by atoms with Gasteiger partial charge in [-0.3, -0.25) is 4.79 Å². The molecule has 2 saturated heterocycles. The third-order valence-electron chi connectivity index (χ3n) is 4.30. The quantitative estimate of drug-likeness (QED) is 0.928. The fourth-order valence-corrected chi connectivity index (χ4v) is 5.27. The molecule has 1 N–H and O–H groups in total. The van der Waals surface area contributed by atoms with Crippen molar-refractivity contribution in [2.45, 2.75) is 12.5 Å². The predicted octanol–water partition coefficient (Wildman–Crippen LogP) is 3.56. The summed E-state index contributed by atoms with van der Waals surface area (Å²) >= 11 is 9.05. The summed E-state index contributed by atoms with van der Waals surface area (Å²) in [6.45, 7) is 3.35. The van der Waals surface area contributed by atoms with Crippen molar-refractivity contribution in [2.24, 2.45) is 5.92 Å². The zero-order valence-corrected chi connectivity index (χ0v) is 13.7. The van der Waals surface area contributed by atoms with Gasteiger partial charge in [-0.2, -0.15) is 0 Å². The van der Waals surface area contributed by atoms with Crippen LogP contribution in [-0.2, 0) is 0 Å². The lowest BCUT2D eigenvalue weighted by Crippen LogP contribution is -2.42. The van der Waals surface area contributed by atoms with Crippen molar-refractivity contribution in [3.63, 3.8) is 0 Å². The highest BCUT2D eigenvalue weighted by Crippen LogP contribution is 2.35. The molecule has 0 aromatic carbocycles. The predicted molar refractivity (Wildman–Crippen MR) is 88.4 cm³/mol. The van der Waals surface area contributed by atoms with E-state index < -0.39 is 0 Å². The molecule has 6 heteroatoms. The average Bonchev–Trinajstić information content (AvgIpc) is 3.22. The molecule has 3 atom stereocenters. The number of hydrogen-bond donors (Lipinski definition) is 1. The molecule has 2 unspecified atom stereocenters. The smallest absolute Gasteiger partial charge is 0.261 e. The van der Waals surface area contributed by atoms with Crippen molar-refractivity contribution in [1.82, 2.24) is 10.2 Å². The second-order valence-electron chi connectivity index (χ2n) is 5.66. The third-order valence-corrected chi connectivity index (χ3v) is 6.81. The molecule has 4 heterocycles. The molecular formula is C15H15ClN2OS2. The van der Waals surface area contributed by atoms with Crippen LogP contribution in [0.5, 0.6) is 0 Å². The monoisotopic (exact) mass is 338 g/mol. The fraction of sp³-hybridized carbons (Fsp3) is 0.400. The van der Waals surface area contributed by atoms with Crippen LogP contribution in [0.4, 0.5) is 0 Å². The van der Waals surface area contributed by atoms with Gasteiger partial charge in [0.2, 0.25) is 0 Å². The Labute approximate surface area is 136 Å². The van der Waals surface area contributed by atoms with Gasteiger partial charge in [-0.15, -0.1) is 22.7 Å². The van der Waals surface area contributed by atoms with Crippen molar-refractivity contribution < 1.29 is 4.79 Å². The Morgan fingerprint density at radius 3 is 2.67 bits per heavy atom. The van der Waals surface area contributed by atoms with Crippen molar-refractivity contribution >= 4 is 40.2 Å². The summed E-state index contributed by atoms with van der Waals surface area (Å²) in [5.74, 6) is 0.706. The first kappa shape index (κ1) is 13.8. The molecule has 2 aromatic rings. The second-order valence-corrected chi connectivity index (χ2v) is 8.45. The van der Waals surface area contributed by atoms with E-state index >= 15 is 0 Å². The van der Waals surface area contributed by atoms with E-state index in [0.717, 1.165) is 32.1 Å². The van der Waals surface area contributed by atoms with Gasteiger partial charge in [0.1, 0.15) is 0 Å². The number of piperidine rings is 1. The molecule has 4 rings (SSSR count). The largest absolute Gasteiger partial charge is 0.347 e. The van der Waals surface area contributed by atoms with Gasteiger partial charge in [-0.25, -0.2) is 0 Å². The van der Waals surface area contributed by atoms with Gasteiger partial charge >= 0.3 is 0 Å². The van der Waals surface area contributed by atoms with Gasteiger partial charge in [0.05, 0.1) is 9.21 Å². The van der Waals surface area contributed by atoms with Gasteiger partial charge in [0, 0.05) is 28.9 Å². The van der Waals surface area contributed by atoms with E-state index in [9.17, 15) is 4.79 Å². The van der Waals surface area contributed by atoms with Crippen LogP contribution in [0.1, 0.15) is 16.1 Å². The summed E-state index contributed by atoms with van der Waals surface area (Å²) in [7, 11) is 0. The van der Waals surface area contributed by atoms with Crippen LogP contribution < -0.4 is 5.32 Å². The van der Waals surface area contributed by atoms with Gasteiger partial charge < -0.3 is 10.2 Å². The maximum absolute atomic E-state index is 12.4. The van der Waals surface area contributed by atoms with Crippen molar-refractivity contribution in [2.75, 3.05) is 19.6 Å². The molecule has 21 heavy (non-hydrogen) atoms. The van der Waals surface area contributed by atoms with E-state index in [2.05, 4.69) is 10.2 Å². The maximum atomic E-state index is 12.4. The molecule has 2 fully saturated rings. The summed E-state index contributed by atoms with van der Waals surface area (Å²) in [5, 5.41) is 3.20. The van der Waals surface area contributed by atoms with Crippen LogP contribution in [0.3, 0.4) is 0 Å². The summed E-state index contributed by atoms with van der Waals surface area (Å²) < 4.78 is 0.778. The van der Waals surface area contributed by atoms with Crippen LogP contribution >= 0.6 is 34.3 Å². The minimum absolute atomic E-state index is 0.0626. The molecule has 2 bridgehead atoms. The first-order chi connectivity index (χ1) is 10.2. The molecule has 3 nitrogen and oxygen atoms in total. The van der Waals surface area contributed by atoms with Gasteiger partial charge in [-0.1, -0.05) is 11.6 Å². The highest BCUT2D eigenvalue weighted by molar-refractivity contribution is 7.24. The molecule has 2 aliphatic rings. The lowest BCUT2D eigenvalue weighted by Gasteiger charge is -2.22. The summed E-state index contributed by atoms with van der Waals surface area (Å²) in [4.78, 5) is 17.8. The van der Waals surface area contributed by atoms with Crippen LogP contribution in [-0.4, -0.2) is 36.5 Å². The van der Waals surface area contributed by atoms with Crippen LogP contribution in [0.15, 0.2) is 24.3 Å². The highest BCUT2D eigenvalue weighted by Gasteiger charge is 2.38. The highest BCUT2D eigenvalue weighted by atomic mass is 35.5. The molecule has 0 spiro atoms. The zero-order chi connectivity index (χ0) is 14.4. The topological polar surface area (TPSA) is 32.3 Å². The van der Waals surface area contributed by atoms with Crippen molar-refractivity contribution in [3.8, 4) is 9.75 Å². The number of nitrogens with zero attached hydrogens (tertiary/aromatic N) is 1. The molecule has 2 aliphatic heterocycles. The van der Waals surface area contributed by atoms with E-state index in [4.69, 9.17) is 11.6 Å². The Hall–Kier alpha value is -0.880. The minimum Gasteiger partial charge on any atom is -0.347 e. The second kappa shape index (κ2) is 5.39. The molecule has 1 amide bonds. The van der Waals surface area contributed by atoms with Gasteiger partial charge in [-0.05, 0) is 43.1 Å². The number of carbonyl (C=O) groups excluding carboxylic acids is 1. The van der Waals surface area contributed by atoms with Crippen LogP contribution in [0.25, 0.3) is 9.75 Å². The number of carbonyl (C=O) groups is 1. The fourth-order valence-electron chi connectivity index (χ4n) is 3.23. The lowest BCUT2D eigenvalue weighted by atomic mass is 10.00. The average molecular weight is 339 g/mol. The van der Waals surface area contributed by atoms with E-state index in [1.54, 1.807) is 11.3 Å². The summed E-state index contributed by atoms with van der Waals surface area (Å²) in [5.41, 5.74) is 0. The third kappa shape index (κ3) is 2.63. The van der Waals surface area contributed by atoms with E-state index in [1.807, 2.05) is 24.3 Å². The minimum atomic E-state index is 0.0626. The Balaban J connectivity index is 1.46. The van der Waals surface area contributed by atoms with E-state index in [1.165, 1.54) is 24.3 Å². The Kier molecular flexibility index (Phi) is 3.53. The van der Waals surface area contributed by atoms with Crippen molar-refractivity contribution in [3.05, 3.63) is 33.5 Å².